The maximum atomic E-state index is 5.53. The zero-order chi connectivity index (χ0) is 10.4. The zero-order valence-electron chi connectivity index (χ0n) is 8.22. The van der Waals surface area contributed by atoms with E-state index in [0.29, 0.717) is 6.61 Å². The Hall–Kier alpha value is -0.940. The van der Waals surface area contributed by atoms with Gasteiger partial charge in [0.25, 0.3) is 0 Å². The Morgan fingerprint density at radius 2 is 2.29 bits per heavy atom. The molecule has 0 amide bonds. The number of rotatable bonds is 4. The predicted molar refractivity (Wildman–Crippen MR) is 62.4 cm³/mol. The van der Waals surface area contributed by atoms with Gasteiger partial charge in [0.1, 0.15) is 5.75 Å². The fourth-order valence-corrected chi connectivity index (χ4v) is 1.32. The Labute approximate surface area is 93.6 Å². The highest BCUT2D eigenvalue weighted by Gasteiger charge is 1.97. The second-order valence-electron chi connectivity index (χ2n) is 3.07. The first-order valence-corrected chi connectivity index (χ1v) is 5.36. The van der Waals surface area contributed by atoms with Crippen LogP contribution in [-0.4, -0.2) is 6.61 Å². The molecule has 0 aliphatic carbocycles. The van der Waals surface area contributed by atoms with Crippen LogP contribution < -0.4 is 4.74 Å². The minimum atomic E-state index is 0.686. The van der Waals surface area contributed by atoms with Gasteiger partial charge in [0.15, 0.2) is 0 Å². The lowest BCUT2D eigenvalue weighted by atomic mass is 10.2. The van der Waals surface area contributed by atoms with Crippen LogP contribution in [0.1, 0.15) is 18.4 Å². The molecule has 2 heteroatoms. The van der Waals surface area contributed by atoms with Crippen molar-refractivity contribution in [1.82, 2.24) is 0 Å². The molecule has 0 saturated heterocycles. The molecular formula is C12H13BrO. The topological polar surface area (TPSA) is 9.23 Å². The van der Waals surface area contributed by atoms with Gasteiger partial charge in [-0.05, 0) is 37.1 Å². The van der Waals surface area contributed by atoms with Crippen molar-refractivity contribution in [3.63, 3.8) is 0 Å². The minimum absolute atomic E-state index is 0.686. The van der Waals surface area contributed by atoms with E-state index in [1.165, 1.54) is 5.56 Å². The minimum Gasteiger partial charge on any atom is -0.494 e. The molecule has 0 unspecified atom stereocenters. The summed E-state index contributed by atoms with van der Waals surface area (Å²) in [5.41, 5.74) is 1.18. The van der Waals surface area contributed by atoms with Crippen LogP contribution in [0.4, 0.5) is 0 Å². The van der Waals surface area contributed by atoms with Crippen molar-refractivity contribution in [1.29, 1.82) is 0 Å². The number of terminal acetylenes is 1. The van der Waals surface area contributed by atoms with Crippen LogP contribution in [0.25, 0.3) is 0 Å². The van der Waals surface area contributed by atoms with E-state index in [9.17, 15) is 0 Å². The Bertz CT molecular complexity index is 339. The monoisotopic (exact) mass is 252 g/mol. The molecule has 0 heterocycles. The molecule has 0 fully saturated rings. The maximum absolute atomic E-state index is 5.53. The van der Waals surface area contributed by atoms with Crippen molar-refractivity contribution in [2.75, 3.05) is 6.61 Å². The molecule has 1 aromatic rings. The van der Waals surface area contributed by atoms with Crippen molar-refractivity contribution in [3.8, 4) is 18.1 Å². The van der Waals surface area contributed by atoms with E-state index >= 15 is 0 Å². The number of hydrogen-bond donors (Lipinski definition) is 0. The van der Waals surface area contributed by atoms with Crippen LogP contribution in [0.2, 0.25) is 0 Å². The number of ether oxygens (including phenoxy) is 1. The molecule has 0 bridgehead atoms. The normalized spacial score (nSPS) is 9.50. The fourth-order valence-electron chi connectivity index (χ4n) is 1.07. The highest BCUT2D eigenvalue weighted by molar-refractivity contribution is 9.10. The standard InChI is InChI=1S/C12H13BrO/c1-3-4-5-8-14-11-6-7-12(13)10(2)9-11/h1,6-7,9H,4-5,8H2,2H3. The second-order valence-corrected chi connectivity index (χ2v) is 3.92. The van der Waals surface area contributed by atoms with Gasteiger partial charge in [0.05, 0.1) is 6.61 Å². The van der Waals surface area contributed by atoms with Gasteiger partial charge >= 0.3 is 0 Å². The van der Waals surface area contributed by atoms with E-state index < -0.39 is 0 Å². The van der Waals surface area contributed by atoms with Gasteiger partial charge in [-0.1, -0.05) is 15.9 Å². The Morgan fingerprint density at radius 1 is 1.50 bits per heavy atom. The number of unbranched alkanes of at least 4 members (excludes halogenated alkanes) is 1. The van der Waals surface area contributed by atoms with E-state index in [1.807, 2.05) is 25.1 Å². The van der Waals surface area contributed by atoms with Crippen molar-refractivity contribution in [2.45, 2.75) is 19.8 Å². The third kappa shape index (κ3) is 3.43. The van der Waals surface area contributed by atoms with Crippen molar-refractivity contribution >= 4 is 15.9 Å². The summed E-state index contributed by atoms with van der Waals surface area (Å²) < 4.78 is 6.63. The average Bonchev–Trinajstić information content (AvgIpc) is 2.18. The van der Waals surface area contributed by atoms with Crippen LogP contribution in [0.15, 0.2) is 22.7 Å². The van der Waals surface area contributed by atoms with Crippen molar-refractivity contribution in [3.05, 3.63) is 28.2 Å². The van der Waals surface area contributed by atoms with Gasteiger partial charge < -0.3 is 4.74 Å². The molecule has 0 saturated carbocycles. The molecule has 0 N–H and O–H groups in total. The van der Waals surface area contributed by atoms with Gasteiger partial charge in [0.2, 0.25) is 0 Å². The van der Waals surface area contributed by atoms with Crippen LogP contribution in [0, 0.1) is 19.3 Å². The van der Waals surface area contributed by atoms with Gasteiger partial charge in [-0.15, -0.1) is 12.3 Å². The lowest BCUT2D eigenvalue weighted by Gasteiger charge is -2.06. The third-order valence-corrected chi connectivity index (χ3v) is 2.75. The summed E-state index contributed by atoms with van der Waals surface area (Å²) >= 11 is 3.44. The molecule has 14 heavy (non-hydrogen) atoms. The number of hydrogen-bond acceptors (Lipinski definition) is 1. The molecule has 1 aromatic carbocycles. The fraction of sp³-hybridized carbons (Fsp3) is 0.333. The van der Waals surface area contributed by atoms with Gasteiger partial charge in [-0.25, -0.2) is 0 Å². The largest absolute Gasteiger partial charge is 0.494 e. The first kappa shape index (κ1) is 11.1. The van der Waals surface area contributed by atoms with E-state index in [1.54, 1.807) is 0 Å². The first-order valence-electron chi connectivity index (χ1n) is 4.56. The van der Waals surface area contributed by atoms with E-state index in [0.717, 1.165) is 23.1 Å². The van der Waals surface area contributed by atoms with Crippen molar-refractivity contribution in [2.24, 2.45) is 0 Å². The quantitative estimate of drug-likeness (QED) is 0.589. The lowest BCUT2D eigenvalue weighted by molar-refractivity contribution is 0.312. The van der Waals surface area contributed by atoms with Gasteiger partial charge in [-0.2, -0.15) is 0 Å². The lowest BCUT2D eigenvalue weighted by Crippen LogP contribution is -1.96. The summed E-state index contributed by atoms with van der Waals surface area (Å²) in [6, 6.07) is 5.96. The van der Waals surface area contributed by atoms with E-state index in [4.69, 9.17) is 11.2 Å². The molecule has 0 atom stereocenters. The highest BCUT2D eigenvalue weighted by atomic mass is 79.9. The number of benzene rings is 1. The molecule has 74 valence electrons. The number of aryl methyl sites for hydroxylation is 1. The Balaban J connectivity index is 2.44. The van der Waals surface area contributed by atoms with E-state index in [-0.39, 0.29) is 0 Å². The smallest absolute Gasteiger partial charge is 0.119 e. The third-order valence-electron chi connectivity index (χ3n) is 1.86. The predicted octanol–water partition coefficient (Wildman–Crippen LogP) is 3.55. The Morgan fingerprint density at radius 3 is 2.93 bits per heavy atom. The molecular weight excluding hydrogens is 240 g/mol. The summed E-state index contributed by atoms with van der Waals surface area (Å²) in [5.74, 6) is 3.49. The maximum Gasteiger partial charge on any atom is 0.119 e. The van der Waals surface area contributed by atoms with Crippen LogP contribution in [-0.2, 0) is 0 Å². The van der Waals surface area contributed by atoms with Crippen LogP contribution in [0.5, 0.6) is 5.75 Å². The molecule has 0 radical (unpaired) electrons. The van der Waals surface area contributed by atoms with Gasteiger partial charge in [0, 0.05) is 10.9 Å². The molecule has 0 aromatic heterocycles. The highest BCUT2D eigenvalue weighted by Crippen LogP contribution is 2.21. The molecule has 0 spiro atoms. The SMILES string of the molecule is C#CCCCOc1ccc(Br)c(C)c1. The summed E-state index contributed by atoms with van der Waals surface area (Å²) in [6.45, 7) is 2.73. The molecule has 1 rings (SSSR count). The van der Waals surface area contributed by atoms with Gasteiger partial charge in [-0.3, -0.25) is 0 Å². The Kier molecular flexibility index (Phi) is 4.55. The average molecular weight is 253 g/mol. The molecule has 0 aliphatic heterocycles. The van der Waals surface area contributed by atoms with Crippen LogP contribution in [0.3, 0.4) is 0 Å². The summed E-state index contributed by atoms with van der Waals surface area (Å²) in [5, 5.41) is 0. The second kappa shape index (κ2) is 5.72. The molecule has 0 aliphatic rings. The van der Waals surface area contributed by atoms with Crippen LogP contribution >= 0.6 is 15.9 Å². The van der Waals surface area contributed by atoms with Crippen molar-refractivity contribution < 1.29 is 4.74 Å². The number of halogens is 1. The summed E-state index contributed by atoms with van der Waals surface area (Å²) in [4.78, 5) is 0. The first-order chi connectivity index (χ1) is 6.74. The summed E-state index contributed by atoms with van der Waals surface area (Å²) in [7, 11) is 0. The summed E-state index contributed by atoms with van der Waals surface area (Å²) in [6.07, 6.45) is 6.82. The van der Waals surface area contributed by atoms with E-state index in [2.05, 4.69) is 21.9 Å². The molecule has 1 nitrogen and oxygen atoms in total. The zero-order valence-corrected chi connectivity index (χ0v) is 9.80.